The molecule has 1 aromatic heterocycles. The topological polar surface area (TPSA) is 39.4 Å². The van der Waals surface area contributed by atoms with Gasteiger partial charge in [-0.2, -0.15) is 0 Å². The van der Waals surface area contributed by atoms with Gasteiger partial charge in [-0.25, -0.2) is 4.79 Å². The maximum Gasteiger partial charge on any atom is 0.330 e. The number of esters is 1. The predicted octanol–water partition coefficient (Wildman–Crippen LogP) is 5.31. The van der Waals surface area contributed by atoms with Crippen molar-refractivity contribution < 1.29 is 13.9 Å². The first kappa shape index (κ1) is 15.4. The van der Waals surface area contributed by atoms with Crippen LogP contribution in [0, 0.1) is 0 Å². The van der Waals surface area contributed by atoms with Gasteiger partial charge in [-0.1, -0.05) is 27.5 Å². The lowest BCUT2D eigenvalue weighted by Gasteiger charge is -2.02. The molecule has 0 atom stereocenters. The molecule has 6 heteroatoms. The zero-order valence-electron chi connectivity index (χ0n) is 10.3. The zero-order chi connectivity index (χ0) is 14.7. The normalized spacial score (nSPS) is 11.0. The van der Waals surface area contributed by atoms with Crippen molar-refractivity contribution in [2.75, 3.05) is 7.11 Å². The largest absolute Gasteiger partial charge is 0.466 e. The number of halogens is 3. The standard InChI is InChI=1S/C14H9Br2ClO3/c1-19-13(18)5-3-9-7-11(16)14(20-9)10-4-2-8(15)6-12(10)17/h2-7H,1H3/b5-3+. The van der Waals surface area contributed by atoms with Crippen molar-refractivity contribution >= 4 is 55.5 Å². The molecule has 104 valence electrons. The molecule has 0 radical (unpaired) electrons. The van der Waals surface area contributed by atoms with E-state index in [-0.39, 0.29) is 0 Å². The second kappa shape index (κ2) is 6.61. The lowest BCUT2D eigenvalue weighted by molar-refractivity contribution is -0.134. The van der Waals surface area contributed by atoms with Crippen LogP contribution in [0.25, 0.3) is 17.4 Å². The Kier molecular flexibility index (Phi) is 5.07. The van der Waals surface area contributed by atoms with Crippen molar-refractivity contribution in [3.63, 3.8) is 0 Å². The Hall–Kier alpha value is -1.04. The second-order valence-electron chi connectivity index (χ2n) is 3.81. The average Bonchev–Trinajstić information content (AvgIpc) is 2.77. The molecule has 0 aliphatic carbocycles. The molecule has 0 unspecified atom stereocenters. The average molecular weight is 420 g/mol. The third-order valence-electron chi connectivity index (χ3n) is 2.47. The van der Waals surface area contributed by atoms with Crippen LogP contribution in [0.5, 0.6) is 0 Å². The van der Waals surface area contributed by atoms with E-state index in [1.165, 1.54) is 19.3 Å². The summed E-state index contributed by atoms with van der Waals surface area (Å²) >= 11 is 13.0. The number of methoxy groups -OCH3 is 1. The number of benzene rings is 1. The van der Waals surface area contributed by atoms with Gasteiger partial charge in [-0.15, -0.1) is 0 Å². The van der Waals surface area contributed by atoms with E-state index in [0.717, 1.165) is 14.5 Å². The Morgan fingerprint density at radius 1 is 1.35 bits per heavy atom. The van der Waals surface area contributed by atoms with E-state index in [1.54, 1.807) is 12.1 Å². The fourth-order valence-electron chi connectivity index (χ4n) is 1.54. The molecule has 0 spiro atoms. The molecule has 0 saturated carbocycles. The molecule has 1 heterocycles. The maximum atomic E-state index is 11.0. The summed E-state index contributed by atoms with van der Waals surface area (Å²) in [6.45, 7) is 0. The fraction of sp³-hybridized carbons (Fsp3) is 0.0714. The number of carbonyl (C=O) groups excluding carboxylic acids is 1. The smallest absolute Gasteiger partial charge is 0.330 e. The quantitative estimate of drug-likeness (QED) is 0.499. The minimum Gasteiger partial charge on any atom is -0.466 e. The van der Waals surface area contributed by atoms with Crippen LogP contribution in [0.4, 0.5) is 0 Å². The molecule has 0 saturated heterocycles. The van der Waals surface area contributed by atoms with Crippen LogP contribution in [0.1, 0.15) is 5.76 Å². The molecular formula is C14H9Br2ClO3. The van der Waals surface area contributed by atoms with Gasteiger partial charge in [-0.05, 0) is 46.3 Å². The van der Waals surface area contributed by atoms with Crippen LogP contribution >= 0.6 is 43.5 Å². The molecule has 1 aromatic carbocycles. The lowest BCUT2D eigenvalue weighted by Crippen LogP contribution is -1.92. The van der Waals surface area contributed by atoms with Crippen molar-refractivity contribution in [2.24, 2.45) is 0 Å². The highest BCUT2D eigenvalue weighted by molar-refractivity contribution is 9.10. The van der Waals surface area contributed by atoms with Gasteiger partial charge in [0.15, 0.2) is 0 Å². The van der Waals surface area contributed by atoms with Crippen LogP contribution in [-0.4, -0.2) is 13.1 Å². The monoisotopic (exact) mass is 418 g/mol. The summed E-state index contributed by atoms with van der Waals surface area (Å²) in [6.07, 6.45) is 2.82. The number of rotatable bonds is 3. The van der Waals surface area contributed by atoms with Crippen molar-refractivity contribution in [1.82, 2.24) is 0 Å². The van der Waals surface area contributed by atoms with Gasteiger partial charge in [0.2, 0.25) is 0 Å². The van der Waals surface area contributed by atoms with Crippen LogP contribution in [-0.2, 0) is 9.53 Å². The molecular weight excluding hydrogens is 411 g/mol. The molecule has 0 aliphatic heterocycles. The number of furan rings is 1. The first-order valence-corrected chi connectivity index (χ1v) is 7.48. The Morgan fingerprint density at radius 2 is 2.10 bits per heavy atom. The van der Waals surface area contributed by atoms with E-state index in [0.29, 0.717) is 16.5 Å². The Bertz CT molecular complexity index is 677. The van der Waals surface area contributed by atoms with Gasteiger partial charge < -0.3 is 9.15 Å². The highest BCUT2D eigenvalue weighted by atomic mass is 79.9. The van der Waals surface area contributed by atoms with E-state index in [1.807, 2.05) is 12.1 Å². The highest BCUT2D eigenvalue weighted by Gasteiger charge is 2.13. The summed E-state index contributed by atoms with van der Waals surface area (Å²) in [5.41, 5.74) is 0.763. The summed E-state index contributed by atoms with van der Waals surface area (Å²) in [4.78, 5) is 11.0. The van der Waals surface area contributed by atoms with Crippen molar-refractivity contribution in [3.8, 4) is 11.3 Å². The molecule has 0 aliphatic rings. The van der Waals surface area contributed by atoms with Crippen molar-refractivity contribution in [2.45, 2.75) is 0 Å². The summed E-state index contributed by atoms with van der Waals surface area (Å²) < 4.78 is 11.8. The van der Waals surface area contributed by atoms with Crippen molar-refractivity contribution in [1.29, 1.82) is 0 Å². The summed E-state index contributed by atoms with van der Waals surface area (Å²) in [7, 11) is 1.32. The maximum absolute atomic E-state index is 11.0. The summed E-state index contributed by atoms with van der Waals surface area (Å²) in [6, 6.07) is 7.27. The Labute approximate surface area is 137 Å². The van der Waals surface area contributed by atoms with Crippen LogP contribution in [0.15, 0.2) is 43.7 Å². The lowest BCUT2D eigenvalue weighted by atomic mass is 10.2. The molecule has 20 heavy (non-hydrogen) atoms. The van der Waals surface area contributed by atoms with E-state index >= 15 is 0 Å². The third-order valence-corrected chi connectivity index (χ3v) is 3.86. The number of ether oxygens (including phenoxy) is 1. The highest BCUT2D eigenvalue weighted by Crippen LogP contribution is 2.37. The molecule has 0 amide bonds. The van der Waals surface area contributed by atoms with E-state index < -0.39 is 5.97 Å². The number of carbonyl (C=O) groups is 1. The SMILES string of the molecule is COC(=O)/C=C/c1cc(Br)c(-c2ccc(Br)cc2Cl)o1. The van der Waals surface area contributed by atoms with Gasteiger partial charge >= 0.3 is 5.97 Å². The molecule has 0 bridgehead atoms. The summed E-state index contributed by atoms with van der Waals surface area (Å²) in [5.74, 6) is 0.684. The predicted molar refractivity (Wildman–Crippen MR) is 85.6 cm³/mol. The first-order chi connectivity index (χ1) is 9.51. The minimum absolute atomic E-state index is 0.444. The van der Waals surface area contributed by atoms with E-state index in [4.69, 9.17) is 16.0 Å². The van der Waals surface area contributed by atoms with Crippen LogP contribution in [0.3, 0.4) is 0 Å². The minimum atomic E-state index is -0.444. The fourth-order valence-corrected chi connectivity index (χ4v) is 2.82. The van der Waals surface area contributed by atoms with Crippen molar-refractivity contribution in [3.05, 3.63) is 50.1 Å². The van der Waals surface area contributed by atoms with Gasteiger partial charge in [0.1, 0.15) is 11.5 Å². The van der Waals surface area contributed by atoms with Gasteiger partial charge in [0.25, 0.3) is 0 Å². The van der Waals surface area contributed by atoms with Crippen LogP contribution < -0.4 is 0 Å². The number of hydrogen-bond donors (Lipinski definition) is 0. The Morgan fingerprint density at radius 3 is 2.75 bits per heavy atom. The van der Waals surface area contributed by atoms with Gasteiger partial charge in [0.05, 0.1) is 16.6 Å². The molecule has 2 aromatic rings. The van der Waals surface area contributed by atoms with E-state index in [2.05, 4.69) is 36.6 Å². The zero-order valence-corrected chi connectivity index (χ0v) is 14.3. The number of hydrogen-bond acceptors (Lipinski definition) is 3. The third kappa shape index (κ3) is 3.53. The molecule has 3 nitrogen and oxygen atoms in total. The molecule has 0 fully saturated rings. The Balaban J connectivity index is 2.36. The van der Waals surface area contributed by atoms with Crippen LogP contribution in [0.2, 0.25) is 5.02 Å². The second-order valence-corrected chi connectivity index (χ2v) is 5.98. The van der Waals surface area contributed by atoms with Gasteiger partial charge in [-0.3, -0.25) is 0 Å². The van der Waals surface area contributed by atoms with E-state index in [9.17, 15) is 4.79 Å². The van der Waals surface area contributed by atoms with Gasteiger partial charge in [0, 0.05) is 16.1 Å². The molecule has 0 N–H and O–H groups in total. The summed E-state index contributed by atoms with van der Waals surface area (Å²) in [5, 5.41) is 0.568. The first-order valence-electron chi connectivity index (χ1n) is 5.52. The molecule has 2 rings (SSSR count).